The lowest BCUT2D eigenvalue weighted by molar-refractivity contribution is 0.0694. The molecule has 5 nitrogen and oxygen atoms in total. The third-order valence-corrected chi connectivity index (χ3v) is 3.54. The highest BCUT2D eigenvalue weighted by molar-refractivity contribution is 5.97. The molecule has 0 radical (unpaired) electrons. The van der Waals surface area contributed by atoms with Gasteiger partial charge in [-0.05, 0) is 13.3 Å². The zero-order valence-electron chi connectivity index (χ0n) is 11.5. The molecule has 1 aromatic carbocycles. The number of benzene rings is 1. The van der Waals surface area contributed by atoms with Crippen LogP contribution >= 0.6 is 0 Å². The second-order valence-corrected chi connectivity index (χ2v) is 4.82. The van der Waals surface area contributed by atoms with Gasteiger partial charge in [0.2, 0.25) is 5.43 Å². The Bertz CT molecular complexity index is 799. The monoisotopic (exact) mass is 296 g/mol. The molecule has 1 aromatic heterocycles. The fourth-order valence-electron chi connectivity index (χ4n) is 2.20. The minimum Gasteiger partial charge on any atom is -0.477 e. The average molecular weight is 296 g/mol. The maximum atomic E-state index is 14.1. The second-order valence-electron chi connectivity index (χ2n) is 4.82. The van der Waals surface area contributed by atoms with E-state index in [1.54, 1.807) is 6.92 Å². The molecule has 21 heavy (non-hydrogen) atoms. The summed E-state index contributed by atoms with van der Waals surface area (Å²) in [7, 11) is 0. The summed E-state index contributed by atoms with van der Waals surface area (Å²) >= 11 is 0. The van der Waals surface area contributed by atoms with Crippen LogP contribution in [0.2, 0.25) is 0 Å². The topological polar surface area (TPSA) is 85.3 Å². The lowest BCUT2D eigenvalue weighted by atomic mass is 10.1. The van der Waals surface area contributed by atoms with E-state index < -0.39 is 39.7 Å². The standard InChI is InChI=1S/C14H14F2N2O3/c1-3-6(2)18-5-7(14(20)21)13(19)10-11(17)8(15)4-9(16)12(10)18/h4-6H,3,17H2,1-2H3,(H,20,21). The highest BCUT2D eigenvalue weighted by atomic mass is 19.1. The third kappa shape index (κ3) is 2.24. The summed E-state index contributed by atoms with van der Waals surface area (Å²) in [4.78, 5) is 23.3. The SMILES string of the molecule is CCC(C)n1cc(C(=O)O)c(=O)c2c(N)c(F)cc(F)c21. The van der Waals surface area contributed by atoms with Crippen LogP contribution in [0.4, 0.5) is 14.5 Å². The molecule has 2 rings (SSSR count). The number of nitrogens with two attached hydrogens (primary N) is 1. The molecule has 0 aliphatic rings. The molecule has 3 N–H and O–H groups in total. The van der Waals surface area contributed by atoms with E-state index in [1.165, 1.54) is 4.57 Å². The number of nitrogen functional groups attached to an aromatic ring is 1. The van der Waals surface area contributed by atoms with Crippen molar-refractivity contribution in [2.45, 2.75) is 26.3 Å². The molecule has 0 fully saturated rings. The number of carboxylic acid groups (broad SMARTS) is 1. The van der Waals surface area contributed by atoms with Crippen molar-refractivity contribution >= 4 is 22.6 Å². The predicted octanol–water partition coefficient (Wildman–Crippen LogP) is 2.53. The van der Waals surface area contributed by atoms with Crippen LogP contribution in [0, 0.1) is 11.6 Å². The Hall–Kier alpha value is -2.44. The summed E-state index contributed by atoms with van der Waals surface area (Å²) in [6.45, 7) is 3.55. The van der Waals surface area contributed by atoms with Crippen molar-refractivity contribution in [2.24, 2.45) is 0 Å². The van der Waals surface area contributed by atoms with E-state index in [0.717, 1.165) is 6.20 Å². The van der Waals surface area contributed by atoms with Crippen LogP contribution in [0.15, 0.2) is 17.1 Å². The first-order valence-corrected chi connectivity index (χ1v) is 6.35. The van der Waals surface area contributed by atoms with Gasteiger partial charge >= 0.3 is 5.97 Å². The van der Waals surface area contributed by atoms with E-state index in [4.69, 9.17) is 10.8 Å². The minimum absolute atomic E-state index is 0.182. The highest BCUT2D eigenvalue weighted by Gasteiger charge is 2.22. The van der Waals surface area contributed by atoms with Crippen molar-refractivity contribution in [1.82, 2.24) is 4.57 Å². The van der Waals surface area contributed by atoms with E-state index in [0.29, 0.717) is 12.5 Å². The van der Waals surface area contributed by atoms with Gasteiger partial charge in [-0.1, -0.05) is 6.92 Å². The largest absolute Gasteiger partial charge is 0.477 e. The predicted molar refractivity (Wildman–Crippen MR) is 74.5 cm³/mol. The molecule has 0 saturated heterocycles. The number of carboxylic acids is 1. The molecule has 0 aliphatic carbocycles. The lowest BCUT2D eigenvalue weighted by Gasteiger charge is -2.19. The molecular weight excluding hydrogens is 282 g/mol. The Morgan fingerprint density at radius 1 is 1.43 bits per heavy atom. The Balaban J connectivity index is 3.10. The molecule has 1 unspecified atom stereocenters. The fourth-order valence-corrected chi connectivity index (χ4v) is 2.20. The van der Waals surface area contributed by atoms with Gasteiger partial charge < -0.3 is 15.4 Å². The lowest BCUT2D eigenvalue weighted by Crippen LogP contribution is -2.22. The summed E-state index contributed by atoms with van der Waals surface area (Å²) in [5.74, 6) is -3.51. The van der Waals surface area contributed by atoms with Crippen molar-refractivity contribution in [3.05, 3.63) is 39.7 Å². The molecular formula is C14H14F2N2O3. The zero-order valence-corrected chi connectivity index (χ0v) is 11.5. The summed E-state index contributed by atoms with van der Waals surface area (Å²) < 4.78 is 29.0. The highest BCUT2D eigenvalue weighted by Crippen LogP contribution is 2.27. The van der Waals surface area contributed by atoms with Gasteiger partial charge in [-0.25, -0.2) is 13.6 Å². The van der Waals surface area contributed by atoms with Gasteiger partial charge in [0, 0.05) is 18.3 Å². The van der Waals surface area contributed by atoms with Gasteiger partial charge in [-0.2, -0.15) is 0 Å². The van der Waals surface area contributed by atoms with Crippen LogP contribution in [0.25, 0.3) is 10.9 Å². The van der Waals surface area contributed by atoms with Crippen molar-refractivity contribution < 1.29 is 18.7 Å². The fraction of sp³-hybridized carbons (Fsp3) is 0.286. The first-order chi connectivity index (χ1) is 9.79. The first-order valence-electron chi connectivity index (χ1n) is 6.35. The molecule has 0 spiro atoms. The van der Waals surface area contributed by atoms with Crippen LogP contribution in [0.3, 0.4) is 0 Å². The molecule has 112 valence electrons. The quantitative estimate of drug-likeness (QED) is 0.852. The number of fused-ring (bicyclic) bond motifs is 1. The van der Waals surface area contributed by atoms with Gasteiger partial charge in [0.25, 0.3) is 0 Å². The number of aromatic carboxylic acids is 1. The number of carbonyl (C=O) groups is 1. The van der Waals surface area contributed by atoms with Gasteiger partial charge in [0.15, 0.2) is 5.82 Å². The maximum Gasteiger partial charge on any atom is 0.341 e. The number of rotatable bonds is 3. The van der Waals surface area contributed by atoms with Crippen molar-refractivity contribution in [3.8, 4) is 0 Å². The number of halogens is 2. The number of anilines is 1. The van der Waals surface area contributed by atoms with Gasteiger partial charge in [0.05, 0.1) is 16.6 Å². The Kier molecular flexibility index (Phi) is 3.67. The molecule has 1 heterocycles. The molecule has 0 amide bonds. The Morgan fingerprint density at radius 3 is 2.57 bits per heavy atom. The van der Waals surface area contributed by atoms with Crippen LogP contribution in [-0.2, 0) is 0 Å². The average Bonchev–Trinajstić information content (AvgIpc) is 2.43. The van der Waals surface area contributed by atoms with Gasteiger partial charge in [-0.3, -0.25) is 4.79 Å². The summed E-state index contributed by atoms with van der Waals surface area (Å²) in [5, 5.41) is 8.65. The van der Waals surface area contributed by atoms with E-state index in [-0.39, 0.29) is 11.6 Å². The summed E-state index contributed by atoms with van der Waals surface area (Å²) in [5.41, 5.74) is 3.23. The summed E-state index contributed by atoms with van der Waals surface area (Å²) in [6.07, 6.45) is 1.63. The number of nitrogens with zero attached hydrogens (tertiary/aromatic N) is 1. The van der Waals surface area contributed by atoms with E-state index >= 15 is 0 Å². The maximum absolute atomic E-state index is 14.1. The molecule has 7 heteroatoms. The Morgan fingerprint density at radius 2 is 2.05 bits per heavy atom. The van der Waals surface area contributed by atoms with Crippen molar-refractivity contribution in [1.29, 1.82) is 0 Å². The van der Waals surface area contributed by atoms with Crippen molar-refractivity contribution in [3.63, 3.8) is 0 Å². The van der Waals surface area contributed by atoms with E-state index in [1.807, 2.05) is 6.92 Å². The molecule has 1 atom stereocenters. The van der Waals surface area contributed by atoms with Gasteiger partial charge in [0.1, 0.15) is 11.4 Å². The smallest absolute Gasteiger partial charge is 0.341 e. The molecule has 0 aliphatic heterocycles. The summed E-state index contributed by atoms with van der Waals surface area (Å²) in [6, 6.07) is 0.307. The Labute approximate surface area is 118 Å². The van der Waals surface area contributed by atoms with Crippen LogP contribution < -0.4 is 11.2 Å². The molecule has 2 aromatic rings. The van der Waals surface area contributed by atoms with E-state index in [2.05, 4.69) is 0 Å². The van der Waals surface area contributed by atoms with Crippen molar-refractivity contribution in [2.75, 3.05) is 5.73 Å². The number of hydrogen-bond donors (Lipinski definition) is 2. The normalized spacial score (nSPS) is 12.6. The third-order valence-electron chi connectivity index (χ3n) is 3.54. The van der Waals surface area contributed by atoms with Gasteiger partial charge in [-0.15, -0.1) is 0 Å². The first kappa shape index (κ1) is 15.0. The second kappa shape index (κ2) is 5.16. The number of aromatic nitrogens is 1. The number of pyridine rings is 1. The van der Waals surface area contributed by atoms with Crippen LogP contribution in [0.1, 0.15) is 36.7 Å². The van der Waals surface area contributed by atoms with Crippen LogP contribution in [-0.4, -0.2) is 15.6 Å². The molecule has 0 bridgehead atoms. The number of hydrogen-bond acceptors (Lipinski definition) is 3. The van der Waals surface area contributed by atoms with E-state index in [9.17, 15) is 18.4 Å². The minimum atomic E-state index is -1.47. The zero-order chi connectivity index (χ0) is 15.9. The molecule has 0 saturated carbocycles. The van der Waals surface area contributed by atoms with Crippen LogP contribution in [0.5, 0.6) is 0 Å².